The van der Waals surface area contributed by atoms with Gasteiger partial charge in [-0.25, -0.2) is 0 Å². The summed E-state index contributed by atoms with van der Waals surface area (Å²) in [5.41, 5.74) is 7.39. The highest BCUT2D eigenvalue weighted by Crippen LogP contribution is 2.28. The maximum atomic E-state index is 11.3. The van der Waals surface area contributed by atoms with Gasteiger partial charge in [-0.05, 0) is 31.2 Å². The van der Waals surface area contributed by atoms with Gasteiger partial charge in [-0.15, -0.1) is 0 Å². The molecular formula is C16H17ClN2O2. The van der Waals surface area contributed by atoms with Gasteiger partial charge in [0, 0.05) is 11.3 Å². The van der Waals surface area contributed by atoms with E-state index in [1.165, 1.54) is 0 Å². The predicted molar refractivity (Wildman–Crippen MR) is 85.0 cm³/mol. The summed E-state index contributed by atoms with van der Waals surface area (Å²) in [5, 5.41) is 3.65. The lowest BCUT2D eigenvalue weighted by Gasteiger charge is -2.18. The van der Waals surface area contributed by atoms with Gasteiger partial charge in [0.2, 0.25) is 5.91 Å². The monoisotopic (exact) mass is 304 g/mol. The molecule has 2 aromatic carbocycles. The second-order valence-electron chi connectivity index (χ2n) is 4.67. The molecule has 0 saturated heterocycles. The van der Waals surface area contributed by atoms with E-state index in [1.807, 2.05) is 31.2 Å². The molecule has 0 aliphatic rings. The fourth-order valence-electron chi connectivity index (χ4n) is 2.16. The zero-order valence-electron chi connectivity index (χ0n) is 11.9. The van der Waals surface area contributed by atoms with Crippen LogP contribution < -0.4 is 15.8 Å². The number of hydrogen-bond donors (Lipinski definition) is 2. The van der Waals surface area contributed by atoms with E-state index in [1.54, 1.807) is 25.3 Å². The summed E-state index contributed by atoms with van der Waals surface area (Å²) < 4.78 is 5.35. The fraction of sp³-hybridized carbons (Fsp3) is 0.188. The Morgan fingerprint density at radius 2 is 2.00 bits per heavy atom. The molecule has 0 radical (unpaired) electrons. The molecule has 2 rings (SSSR count). The Hall–Kier alpha value is -2.20. The van der Waals surface area contributed by atoms with E-state index in [0.29, 0.717) is 10.6 Å². The lowest BCUT2D eigenvalue weighted by molar-refractivity contribution is 0.100. The first-order chi connectivity index (χ1) is 10.0. The number of amides is 1. The maximum Gasteiger partial charge on any atom is 0.250 e. The van der Waals surface area contributed by atoms with Gasteiger partial charge < -0.3 is 15.8 Å². The molecule has 21 heavy (non-hydrogen) atoms. The van der Waals surface area contributed by atoms with Crippen molar-refractivity contribution in [3.05, 3.63) is 58.6 Å². The smallest absolute Gasteiger partial charge is 0.250 e. The van der Waals surface area contributed by atoms with Crippen molar-refractivity contribution in [2.45, 2.75) is 13.0 Å². The highest BCUT2D eigenvalue weighted by atomic mass is 35.5. The van der Waals surface area contributed by atoms with E-state index in [0.717, 1.165) is 17.0 Å². The number of primary amides is 1. The summed E-state index contributed by atoms with van der Waals surface area (Å²) >= 11 is 5.94. The van der Waals surface area contributed by atoms with Crippen LogP contribution in [-0.2, 0) is 0 Å². The highest BCUT2D eigenvalue weighted by molar-refractivity contribution is 6.33. The largest absolute Gasteiger partial charge is 0.496 e. The number of nitrogens with two attached hydrogens (primary N) is 1. The Labute approximate surface area is 128 Å². The lowest BCUT2D eigenvalue weighted by Crippen LogP contribution is -2.13. The van der Waals surface area contributed by atoms with Crippen molar-refractivity contribution in [1.82, 2.24) is 0 Å². The Morgan fingerprint density at radius 3 is 2.67 bits per heavy atom. The molecular weight excluding hydrogens is 288 g/mol. The molecule has 0 spiro atoms. The minimum absolute atomic E-state index is 0.00283. The summed E-state index contributed by atoms with van der Waals surface area (Å²) in [7, 11) is 1.64. The molecule has 0 fully saturated rings. The third-order valence-electron chi connectivity index (χ3n) is 3.22. The topological polar surface area (TPSA) is 64.3 Å². The van der Waals surface area contributed by atoms with E-state index in [4.69, 9.17) is 22.1 Å². The summed E-state index contributed by atoms with van der Waals surface area (Å²) in [4.78, 5) is 11.3. The Balaban J connectivity index is 2.25. The molecule has 4 nitrogen and oxygen atoms in total. The minimum atomic E-state index is -0.548. The molecule has 0 aliphatic heterocycles. The standard InChI is InChI=1S/C16H17ClN2O2/c1-10(12-5-3-4-6-15(12)21-2)19-11-7-8-14(17)13(9-11)16(18)20/h3-10,19H,1-2H3,(H2,18,20). The molecule has 110 valence electrons. The molecule has 0 saturated carbocycles. The van der Waals surface area contributed by atoms with Crippen LogP contribution in [0, 0.1) is 0 Å². The van der Waals surface area contributed by atoms with Crippen LogP contribution in [0.1, 0.15) is 28.9 Å². The Bertz CT molecular complexity index is 658. The van der Waals surface area contributed by atoms with Crippen molar-refractivity contribution < 1.29 is 9.53 Å². The summed E-state index contributed by atoms with van der Waals surface area (Å²) in [6.07, 6.45) is 0. The van der Waals surface area contributed by atoms with Crippen molar-refractivity contribution in [3.63, 3.8) is 0 Å². The molecule has 3 N–H and O–H groups in total. The van der Waals surface area contributed by atoms with E-state index in [9.17, 15) is 4.79 Å². The summed E-state index contributed by atoms with van der Waals surface area (Å²) in [6, 6.07) is 12.9. The van der Waals surface area contributed by atoms with Crippen LogP contribution in [0.25, 0.3) is 0 Å². The lowest BCUT2D eigenvalue weighted by atomic mass is 10.1. The van der Waals surface area contributed by atoms with Gasteiger partial charge in [0.15, 0.2) is 0 Å². The van der Waals surface area contributed by atoms with Crippen LogP contribution in [0.2, 0.25) is 5.02 Å². The second-order valence-corrected chi connectivity index (χ2v) is 5.07. The number of hydrogen-bond acceptors (Lipinski definition) is 3. The number of ether oxygens (including phenoxy) is 1. The van der Waals surface area contributed by atoms with Gasteiger partial charge in [-0.2, -0.15) is 0 Å². The van der Waals surface area contributed by atoms with Gasteiger partial charge in [0.05, 0.1) is 23.7 Å². The molecule has 1 amide bonds. The van der Waals surface area contributed by atoms with Crippen molar-refractivity contribution in [3.8, 4) is 5.75 Å². The first-order valence-corrected chi connectivity index (χ1v) is 6.89. The fourth-order valence-corrected chi connectivity index (χ4v) is 2.37. The number of anilines is 1. The number of rotatable bonds is 5. The van der Waals surface area contributed by atoms with Crippen LogP contribution in [0.4, 0.5) is 5.69 Å². The molecule has 2 aromatic rings. The van der Waals surface area contributed by atoms with Gasteiger partial charge in [0.1, 0.15) is 5.75 Å². The molecule has 1 unspecified atom stereocenters. The molecule has 5 heteroatoms. The molecule has 0 aliphatic carbocycles. The molecule has 1 atom stereocenters. The number of nitrogens with one attached hydrogen (secondary N) is 1. The van der Waals surface area contributed by atoms with Crippen LogP contribution in [0.3, 0.4) is 0 Å². The Morgan fingerprint density at radius 1 is 1.29 bits per heavy atom. The van der Waals surface area contributed by atoms with Gasteiger partial charge >= 0.3 is 0 Å². The van der Waals surface area contributed by atoms with Crippen LogP contribution >= 0.6 is 11.6 Å². The normalized spacial score (nSPS) is 11.8. The van der Waals surface area contributed by atoms with Crippen molar-refractivity contribution >= 4 is 23.2 Å². The van der Waals surface area contributed by atoms with Crippen molar-refractivity contribution in [1.29, 1.82) is 0 Å². The van der Waals surface area contributed by atoms with E-state index >= 15 is 0 Å². The summed E-state index contributed by atoms with van der Waals surface area (Å²) in [5.74, 6) is 0.259. The Kier molecular flexibility index (Phi) is 4.70. The number of para-hydroxylation sites is 1. The van der Waals surface area contributed by atoms with Crippen molar-refractivity contribution in [2.75, 3.05) is 12.4 Å². The zero-order valence-corrected chi connectivity index (χ0v) is 12.6. The third-order valence-corrected chi connectivity index (χ3v) is 3.55. The number of methoxy groups -OCH3 is 1. The zero-order chi connectivity index (χ0) is 15.4. The van der Waals surface area contributed by atoms with Gasteiger partial charge in [-0.3, -0.25) is 4.79 Å². The van der Waals surface area contributed by atoms with E-state index in [-0.39, 0.29) is 6.04 Å². The second kappa shape index (κ2) is 6.50. The number of halogens is 1. The molecule has 0 aromatic heterocycles. The van der Waals surface area contributed by atoms with E-state index in [2.05, 4.69) is 5.32 Å². The van der Waals surface area contributed by atoms with Crippen LogP contribution in [0.15, 0.2) is 42.5 Å². The molecule has 0 heterocycles. The predicted octanol–water partition coefficient (Wildman–Crippen LogP) is 3.62. The summed E-state index contributed by atoms with van der Waals surface area (Å²) in [6.45, 7) is 2.01. The minimum Gasteiger partial charge on any atom is -0.496 e. The van der Waals surface area contributed by atoms with E-state index < -0.39 is 5.91 Å². The first-order valence-electron chi connectivity index (χ1n) is 6.51. The van der Waals surface area contributed by atoms with Gasteiger partial charge in [-0.1, -0.05) is 29.8 Å². The molecule has 0 bridgehead atoms. The first kappa shape index (κ1) is 15.2. The third kappa shape index (κ3) is 3.47. The average molecular weight is 305 g/mol. The quantitative estimate of drug-likeness (QED) is 0.886. The number of carbonyl (C=O) groups is 1. The van der Waals surface area contributed by atoms with Crippen LogP contribution in [0.5, 0.6) is 5.75 Å². The SMILES string of the molecule is COc1ccccc1C(C)Nc1ccc(Cl)c(C(N)=O)c1. The number of benzene rings is 2. The highest BCUT2D eigenvalue weighted by Gasteiger charge is 2.12. The van der Waals surface area contributed by atoms with Crippen molar-refractivity contribution in [2.24, 2.45) is 5.73 Å². The average Bonchev–Trinajstić information content (AvgIpc) is 2.48. The van der Waals surface area contributed by atoms with Gasteiger partial charge in [0.25, 0.3) is 0 Å². The maximum absolute atomic E-state index is 11.3. The van der Waals surface area contributed by atoms with Crippen LogP contribution in [-0.4, -0.2) is 13.0 Å². The number of carbonyl (C=O) groups excluding carboxylic acids is 1.